The minimum atomic E-state index is 0.205. The third-order valence-electron chi connectivity index (χ3n) is 4.39. The average Bonchev–Trinajstić information content (AvgIpc) is 3.01. The van der Waals surface area contributed by atoms with Crippen molar-refractivity contribution in [1.82, 2.24) is 15.1 Å². The lowest BCUT2D eigenvalue weighted by Crippen LogP contribution is -2.44. The van der Waals surface area contributed by atoms with Gasteiger partial charge in [-0.05, 0) is 44.4 Å². The summed E-state index contributed by atoms with van der Waals surface area (Å²) in [5.41, 5.74) is 4.73. The van der Waals surface area contributed by atoms with Crippen molar-refractivity contribution in [3.05, 3.63) is 53.3 Å². The zero-order valence-electron chi connectivity index (χ0n) is 15.5. The number of aromatic amines is 1. The number of hydrogen-bond donors (Lipinski definition) is 1. The van der Waals surface area contributed by atoms with E-state index in [1.807, 2.05) is 6.07 Å². The number of fused-ring (bicyclic) bond motifs is 1. The number of rotatable bonds is 0. The Morgan fingerprint density at radius 1 is 0.957 bits per heavy atom. The summed E-state index contributed by atoms with van der Waals surface area (Å²) in [4.78, 5) is 2.55. The molecular weight excluding hydrogens is 282 g/mol. The standard InChI is InChI=1S/C13H19N.C7H12N2/c1-13(2,3)14-9-8-11-6-4-5-7-12(11)10-14;1-7(2,3)6-4-5-8-9-6/h4-7H,8-10H2,1-3H3;4-5H,1-3H3,(H,8,9). The van der Waals surface area contributed by atoms with Crippen LogP contribution in [0.25, 0.3) is 0 Å². The predicted molar refractivity (Wildman–Crippen MR) is 97.6 cm³/mol. The molecule has 3 heteroatoms. The molecule has 0 bridgehead atoms. The maximum atomic E-state index is 3.86. The summed E-state index contributed by atoms with van der Waals surface area (Å²) in [6.07, 6.45) is 2.98. The first kappa shape index (κ1) is 17.7. The molecule has 2 aromatic rings. The molecule has 1 aromatic carbocycles. The molecule has 0 amide bonds. The van der Waals surface area contributed by atoms with Crippen molar-refractivity contribution < 1.29 is 0 Å². The Kier molecular flexibility index (Phi) is 5.30. The summed E-state index contributed by atoms with van der Waals surface area (Å²) in [5.74, 6) is 0. The largest absolute Gasteiger partial charge is 0.294 e. The molecule has 0 aliphatic carbocycles. The van der Waals surface area contributed by atoms with Crippen LogP contribution in [-0.4, -0.2) is 27.2 Å². The van der Waals surface area contributed by atoms with E-state index >= 15 is 0 Å². The van der Waals surface area contributed by atoms with E-state index in [-0.39, 0.29) is 5.41 Å². The van der Waals surface area contributed by atoms with E-state index in [1.165, 1.54) is 29.8 Å². The topological polar surface area (TPSA) is 31.9 Å². The molecular formula is C20H31N3. The summed E-state index contributed by atoms with van der Waals surface area (Å²) in [6.45, 7) is 15.6. The third-order valence-corrected chi connectivity index (χ3v) is 4.39. The second kappa shape index (κ2) is 6.88. The van der Waals surface area contributed by atoms with Crippen LogP contribution in [0.3, 0.4) is 0 Å². The second-order valence-electron chi connectivity index (χ2n) is 8.33. The quantitative estimate of drug-likeness (QED) is 0.773. The molecule has 3 nitrogen and oxygen atoms in total. The molecule has 2 heterocycles. The fourth-order valence-electron chi connectivity index (χ4n) is 2.74. The fraction of sp³-hybridized carbons (Fsp3) is 0.550. The zero-order valence-corrected chi connectivity index (χ0v) is 15.5. The van der Waals surface area contributed by atoms with E-state index in [2.05, 4.69) is 80.9 Å². The summed E-state index contributed by atoms with van der Waals surface area (Å²) in [7, 11) is 0. The van der Waals surface area contributed by atoms with Crippen LogP contribution < -0.4 is 0 Å². The lowest BCUT2D eigenvalue weighted by molar-refractivity contribution is 0.121. The highest BCUT2D eigenvalue weighted by Crippen LogP contribution is 2.24. The molecule has 1 N–H and O–H groups in total. The van der Waals surface area contributed by atoms with Gasteiger partial charge in [0.05, 0.1) is 0 Å². The van der Waals surface area contributed by atoms with Gasteiger partial charge in [-0.15, -0.1) is 0 Å². The van der Waals surface area contributed by atoms with Crippen molar-refractivity contribution in [2.24, 2.45) is 0 Å². The molecule has 1 aliphatic rings. The van der Waals surface area contributed by atoms with Gasteiger partial charge in [0, 0.05) is 35.9 Å². The molecule has 23 heavy (non-hydrogen) atoms. The van der Waals surface area contributed by atoms with E-state index in [4.69, 9.17) is 0 Å². The van der Waals surface area contributed by atoms with Gasteiger partial charge in [0.15, 0.2) is 0 Å². The smallest absolute Gasteiger partial charge is 0.0490 e. The van der Waals surface area contributed by atoms with Crippen LogP contribution in [0.4, 0.5) is 0 Å². The first-order chi connectivity index (χ1) is 10.7. The minimum absolute atomic E-state index is 0.205. The molecule has 1 aliphatic heterocycles. The van der Waals surface area contributed by atoms with Crippen LogP contribution in [0.15, 0.2) is 36.5 Å². The molecule has 0 spiro atoms. The van der Waals surface area contributed by atoms with Crippen molar-refractivity contribution in [3.8, 4) is 0 Å². The maximum Gasteiger partial charge on any atom is 0.0490 e. The number of H-pyrrole nitrogens is 1. The molecule has 0 unspecified atom stereocenters. The fourth-order valence-corrected chi connectivity index (χ4v) is 2.74. The van der Waals surface area contributed by atoms with Crippen LogP contribution in [0.1, 0.15) is 58.4 Å². The second-order valence-corrected chi connectivity index (χ2v) is 8.33. The lowest BCUT2D eigenvalue weighted by atomic mass is 9.93. The van der Waals surface area contributed by atoms with Gasteiger partial charge < -0.3 is 0 Å². The summed E-state index contributed by atoms with van der Waals surface area (Å²) >= 11 is 0. The van der Waals surface area contributed by atoms with Crippen molar-refractivity contribution in [1.29, 1.82) is 0 Å². The average molecular weight is 313 g/mol. The Labute approximate surface area is 141 Å². The van der Waals surface area contributed by atoms with Crippen LogP contribution in [0, 0.1) is 0 Å². The Morgan fingerprint density at radius 2 is 1.61 bits per heavy atom. The van der Waals surface area contributed by atoms with Crippen LogP contribution in [-0.2, 0) is 18.4 Å². The Morgan fingerprint density at radius 3 is 2.09 bits per heavy atom. The van der Waals surface area contributed by atoms with Crippen LogP contribution >= 0.6 is 0 Å². The lowest BCUT2D eigenvalue weighted by Gasteiger charge is -2.39. The SMILES string of the molecule is CC(C)(C)N1CCc2ccccc2C1.CC(C)(C)c1ccn[nH]1. The van der Waals surface area contributed by atoms with Gasteiger partial charge in [-0.3, -0.25) is 10.00 Å². The normalized spacial score (nSPS) is 15.6. The van der Waals surface area contributed by atoms with Gasteiger partial charge in [0.25, 0.3) is 0 Å². The molecule has 0 saturated carbocycles. The van der Waals surface area contributed by atoms with Gasteiger partial charge in [-0.1, -0.05) is 45.0 Å². The summed E-state index contributed by atoms with van der Waals surface area (Å²) in [5, 5.41) is 6.79. The summed E-state index contributed by atoms with van der Waals surface area (Å²) in [6, 6.07) is 10.8. The molecule has 0 radical (unpaired) electrons. The Bertz CT molecular complexity index is 601. The van der Waals surface area contributed by atoms with Crippen LogP contribution in [0.5, 0.6) is 0 Å². The maximum absolute atomic E-state index is 3.86. The molecule has 3 rings (SSSR count). The van der Waals surface area contributed by atoms with Crippen molar-refractivity contribution >= 4 is 0 Å². The van der Waals surface area contributed by atoms with Gasteiger partial charge in [-0.25, -0.2) is 0 Å². The first-order valence-corrected chi connectivity index (χ1v) is 8.49. The van der Waals surface area contributed by atoms with Gasteiger partial charge >= 0.3 is 0 Å². The van der Waals surface area contributed by atoms with Crippen molar-refractivity contribution in [2.45, 2.75) is 65.5 Å². The predicted octanol–water partition coefficient (Wildman–Crippen LogP) is 4.55. The van der Waals surface area contributed by atoms with Gasteiger partial charge in [0.2, 0.25) is 0 Å². The van der Waals surface area contributed by atoms with E-state index < -0.39 is 0 Å². The molecule has 1 aromatic heterocycles. The number of nitrogens with one attached hydrogen (secondary N) is 1. The Balaban J connectivity index is 0.000000185. The zero-order chi connectivity index (χ0) is 17.1. The van der Waals surface area contributed by atoms with E-state index in [1.54, 1.807) is 6.20 Å². The highest BCUT2D eigenvalue weighted by Gasteiger charge is 2.24. The van der Waals surface area contributed by atoms with E-state index in [9.17, 15) is 0 Å². The molecule has 126 valence electrons. The Hall–Kier alpha value is -1.61. The first-order valence-electron chi connectivity index (χ1n) is 8.49. The molecule has 0 saturated heterocycles. The number of benzene rings is 1. The highest BCUT2D eigenvalue weighted by molar-refractivity contribution is 5.29. The minimum Gasteiger partial charge on any atom is -0.294 e. The van der Waals surface area contributed by atoms with Crippen molar-refractivity contribution in [2.75, 3.05) is 6.54 Å². The highest BCUT2D eigenvalue weighted by atomic mass is 15.2. The number of hydrogen-bond acceptors (Lipinski definition) is 2. The monoisotopic (exact) mass is 313 g/mol. The van der Waals surface area contributed by atoms with Crippen molar-refractivity contribution in [3.63, 3.8) is 0 Å². The van der Waals surface area contributed by atoms with E-state index in [0.717, 1.165) is 6.54 Å². The van der Waals surface area contributed by atoms with Gasteiger partial charge in [0.1, 0.15) is 0 Å². The number of nitrogens with zero attached hydrogens (tertiary/aromatic N) is 2. The van der Waals surface area contributed by atoms with E-state index in [0.29, 0.717) is 5.54 Å². The summed E-state index contributed by atoms with van der Waals surface area (Å²) < 4.78 is 0. The molecule has 0 atom stereocenters. The molecule has 0 fully saturated rings. The third kappa shape index (κ3) is 4.93. The number of aromatic nitrogens is 2. The van der Waals surface area contributed by atoms with Crippen LogP contribution in [0.2, 0.25) is 0 Å². The van der Waals surface area contributed by atoms with Gasteiger partial charge in [-0.2, -0.15) is 5.10 Å².